The van der Waals surface area contributed by atoms with Gasteiger partial charge in [-0.2, -0.15) is 0 Å². The van der Waals surface area contributed by atoms with Gasteiger partial charge in [0, 0.05) is 5.69 Å². The molecule has 0 amide bonds. The highest BCUT2D eigenvalue weighted by Gasteiger charge is 2.32. The van der Waals surface area contributed by atoms with Gasteiger partial charge >= 0.3 is 0 Å². The second-order valence-corrected chi connectivity index (χ2v) is 6.88. The molecule has 4 N–H and O–H groups in total. The molecule has 108 valence electrons. The van der Waals surface area contributed by atoms with Gasteiger partial charge in [-0.15, -0.1) is 0 Å². The van der Waals surface area contributed by atoms with Crippen LogP contribution >= 0.6 is 11.6 Å². The molecule has 0 saturated heterocycles. The van der Waals surface area contributed by atoms with Crippen LogP contribution in [-0.2, 0) is 10.0 Å². The van der Waals surface area contributed by atoms with Crippen LogP contribution in [0.15, 0.2) is 17.0 Å². The van der Waals surface area contributed by atoms with Gasteiger partial charge in [0.05, 0.1) is 16.7 Å². The number of hydrogen-bond acceptors (Lipinski definition) is 4. The van der Waals surface area contributed by atoms with E-state index in [1.165, 1.54) is 20.8 Å². The molecule has 0 saturated carbocycles. The topological polar surface area (TPSA) is 92.4 Å². The van der Waals surface area contributed by atoms with Crippen molar-refractivity contribution in [2.45, 2.75) is 37.3 Å². The lowest BCUT2D eigenvalue weighted by Crippen LogP contribution is -2.50. The first-order chi connectivity index (χ1) is 8.47. The molecule has 0 aliphatic carbocycles. The lowest BCUT2D eigenvalue weighted by molar-refractivity contribution is 0.111. The Morgan fingerprint density at radius 3 is 2.47 bits per heavy atom. The zero-order valence-electron chi connectivity index (χ0n) is 10.7. The molecule has 1 aromatic rings. The normalized spacial score (nSPS) is 14.4. The number of benzene rings is 1. The molecule has 0 radical (unpaired) electrons. The summed E-state index contributed by atoms with van der Waals surface area (Å²) < 4.78 is 40.2. The maximum Gasteiger partial charge on any atom is 0.244 e. The highest BCUT2D eigenvalue weighted by atomic mass is 35.5. The molecule has 0 heterocycles. The molecule has 1 unspecified atom stereocenters. The van der Waals surface area contributed by atoms with Gasteiger partial charge in [-0.05, 0) is 32.9 Å². The van der Waals surface area contributed by atoms with Crippen LogP contribution in [0.2, 0.25) is 5.02 Å². The van der Waals surface area contributed by atoms with Crippen LogP contribution in [0, 0.1) is 5.82 Å². The Bertz CT molecular complexity index is 588. The average Bonchev–Trinajstić information content (AvgIpc) is 2.21. The fraction of sp³-hybridized carbons (Fsp3) is 0.455. The van der Waals surface area contributed by atoms with E-state index in [-0.39, 0.29) is 10.7 Å². The number of halogens is 2. The summed E-state index contributed by atoms with van der Waals surface area (Å²) in [5, 5.41) is 9.12. The maximum atomic E-state index is 13.8. The highest BCUT2D eigenvalue weighted by molar-refractivity contribution is 7.89. The van der Waals surface area contributed by atoms with Crippen molar-refractivity contribution in [2.24, 2.45) is 0 Å². The van der Waals surface area contributed by atoms with Crippen LogP contribution in [0.3, 0.4) is 0 Å². The van der Waals surface area contributed by atoms with Crippen molar-refractivity contribution in [1.82, 2.24) is 4.72 Å². The summed E-state index contributed by atoms with van der Waals surface area (Å²) in [5.74, 6) is -1.08. The summed E-state index contributed by atoms with van der Waals surface area (Å²) in [4.78, 5) is -0.647. The van der Waals surface area contributed by atoms with Crippen molar-refractivity contribution in [3.63, 3.8) is 0 Å². The first kappa shape index (κ1) is 16.2. The third-order valence-electron chi connectivity index (χ3n) is 2.75. The van der Waals surface area contributed by atoms with Gasteiger partial charge in [-0.1, -0.05) is 11.6 Å². The minimum absolute atomic E-state index is 0.0293. The number of anilines is 1. The molecule has 0 bridgehead atoms. The largest absolute Gasteiger partial charge is 0.399 e. The van der Waals surface area contributed by atoms with Gasteiger partial charge in [0.2, 0.25) is 10.0 Å². The molecule has 8 heteroatoms. The standard InChI is InChI=1S/C11H16ClFN2O3S/c1-6(16)11(2,3)15-19(17,18)9-5-7(14)4-8(12)10(9)13/h4-6,15-16H,14H2,1-3H3. The van der Waals surface area contributed by atoms with E-state index in [2.05, 4.69) is 4.72 Å². The second-order valence-electron chi connectivity index (χ2n) is 4.82. The number of aliphatic hydroxyl groups excluding tert-OH is 1. The third-order valence-corrected chi connectivity index (χ3v) is 4.69. The Labute approximate surface area is 116 Å². The molecule has 0 aliphatic rings. The molecular weight excluding hydrogens is 295 g/mol. The Kier molecular flexibility index (Phi) is 4.46. The molecule has 1 atom stereocenters. The number of nitrogen functional groups attached to an aromatic ring is 1. The molecule has 0 aliphatic heterocycles. The van der Waals surface area contributed by atoms with Crippen LogP contribution in [0.5, 0.6) is 0 Å². The van der Waals surface area contributed by atoms with E-state index in [4.69, 9.17) is 17.3 Å². The van der Waals surface area contributed by atoms with Crippen molar-refractivity contribution in [2.75, 3.05) is 5.73 Å². The van der Waals surface area contributed by atoms with Gasteiger partial charge in [-0.3, -0.25) is 0 Å². The Balaban J connectivity index is 3.30. The number of aliphatic hydroxyl groups is 1. The van der Waals surface area contributed by atoms with Crippen LogP contribution in [-0.4, -0.2) is 25.2 Å². The van der Waals surface area contributed by atoms with Crippen LogP contribution in [0.1, 0.15) is 20.8 Å². The highest BCUT2D eigenvalue weighted by Crippen LogP contribution is 2.26. The van der Waals surface area contributed by atoms with E-state index in [0.717, 1.165) is 12.1 Å². The molecule has 19 heavy (non-hydrogen) atoms. The van der Waals surface area contributed by atoms with Crippen molar-refractivity contribution in [3.05, 3.63) is 23.0 Å². The summed E-state index contributed by atoms with van der Waals surface area (Å²) in [6.45, 7) is 4.37. The molecule has 1 rings (SSSR count). The monoisotopic (exact) mass is 310 g/mol. The van der Waals surface area contributed by atoms with E-state index in [1.54, 1.807) is 0 Å². The van der Waals surface area contributed by atoms with E-state index < -0.39 is 32.4 Å². The number of sulfonamides is 1. The first-order valence-corrected chi connectivity index (χ1v) is 7.30. The Morgan fingerprint density at radius 1 is 1.47 bits per heavy atom. The second kappa shape index (κ2) is 5.24. The van der Waals surface area contributed by atoms with Gasteiger partial charge < -0.3 is 10.8 Å². The lowest BCUT2D eigenvalue weighted by atomic mass is 10.0. The predicted octanol–water partition coefficient (Wildman–Crippen LogP) is 1.50. The molecular formula is C11H16ClFN2O3S. The minimum atomic E-state index is -4.19. The van der Waals surface area contributed by atoms with E-state index in [9.17, 15) is 17.9 Å². The van der Waals surface area contributed by atoms with Gasteiger partial charge in [-0.25, -0.2) is 17.5 Å². The fourth-order valence-electron chi connectivity index (χ4n) is 1.27. The van der Waals surface area contributed by atoms with Gasteiger partial charge in [0.1, 0.15) is 4.90 Å². The van der Waals surface area contributed by atoms with Crippen molar-refractivity contribution in [1.29, 1.82) is 0 Å². The SMILES string of the molecule is CC(O)C(C)(C)NS(=O)(=O)c1cc(N)cc(Cl)c1F. The van der Waals surface area contributed by atoms with Crippen molar-refractivity contribution < 1.29 is 17.9 Å². The first-order valence-electron chi connectivity index (χ1n) is 5.44. The zero-order chi connectivity index (χ0) is 15.0. The van der Waals surface area contributed by atoms with Crippen molar-refractivity contribution >= 4 is 27.3 Å². The third kappa shape index (κ3) is 3.56. The summed E-state index contributed by atoms with van der Waals surface area (Å²) in [6, 6.07) is 2.09. The van der Waals surface area contributed by atoms with Crippen LogP contribution in [0.25, 0.3) is 0 Å². The minimum Gasteiger partial charge on any atom is -0.399 e. The smallest absolute Gasteiger partial charge is 0.244 e. The van der Waals surface area contributed by atoms with Gasteiger partial charge in [0.25, 0.3) is 0 Å². The molecule has 5 nitrogen and oxygen atoms in total. The average molecular weight is 311 g/mol. The van der Waals surface area contributed by atoms with Crippen LogP contribution < -0.4 is 10.5 Å². The maximum absolute atomic E-state index is 13.8. The molecule has 0 spiro atoms. The quantitative estimate of drug-likeness (QED) is 0.735. The number of nitrogens with one attached hydrogen (secondary N) is 1. The van der Waals surface area contributed by atoms with Gasteiger partial charge in [0.15, 0.2) is 5.82 Å². The number of rotatable bonds is 4. The van der Waals surface area contributed by atoms with E-state index >= 15 is 0 Å². The number of nitrogens with two attached hydrogens (primary N) is 1. The fourth-order valence-corrected chi connectivity index (χ4v) is 3.16. The predicted molar refractivity (Wildman–Crippen MR) is 71.9 cm³/mol. The Hall–Kier alpha value is -0.890. The van der Waals surface area contributed by atoms with Crippen LogP contribution in [0.4, 0.5) is 10.1 Å². The lowest BCUT2D eigenvalue weighted by Gasteiger charge is -2.29. The Morgan fingerprint density at radius 2 is 2.00 bits per heavy atom. The molecule has 0 aromatic heterocycles. The van der Waals surface area contributed by atoms with Crippen molar-refractivity contribution in [3.8, 4) is 0 Å². The summed E-state index contributed by atoms with van der Waals surface area (Å²) in [7, 11) is -4.19. The summed E-state index contributed by atoms with van der Waals surface area (Å²) in [5.41, 5.74) is 4.32. The van der Waals surface area contributed by atoms with E-state index in [0.29, 0.717) is 0 Å². The number of hydrogen-bond donors (Lipinski definition) is 3. The zero-order valence-corrected chi connectivity index (χ0v) is 12.3. The molecule has 0 fully saturated rings. The summed E-state index contributed by atoms with van der Waals surface area (Å²) in [6.07, 6.45) is -0.970. The summed E-state index contributed by atoms with van der Waals surface area (Å²) >= 11 is 5.56. The van der Waals surface area contributed by atoms with E-state index in [1.807, 2.05) is 0 Å². The molecule has 1 aromatic carbocycles.